The molecule has 0 unspecified atom stereocenters. The third-order valence-corrected chi connectivity index (χ3v) is 3.87. The monoisotopic (exact) mass is 356 g/mol. The third-order valence-electron chi connectivity index (χ3n) is 3.87. The number of pyridine rings is 1. The van der Waals surface area contributed by atoms with E-state index in [0.717, 1.165) is 11.3 Å². The number of aliphatic hydroxyl groups is 1. The highest BCUT2D eigenvalue weighted by Crippen LogP contribution is 2.16. The van der Waals surface area contributed by atoms with E-state index in [2.05, 4.69) is 10.4 Å². The minimum Gasteiger partial charge on any atom is -0.493 e. The number of benzene rings is 1. The van der Waals surface area contributed by atoms with Crippen LogP contribution in [0.1, 0.15) is 12.0 Å². The molecule has 1 amide bonds. The van der Waals surface area contributed by atoms with E-state index in [9.17, 15) is 9.59 Å². The van der Waals surface area contributed by atoms with E-state index >= 15 is 0 Å². The van der Waals surface area contributed by atoms with Crippen molar-refractivity contribution < 1.29 is 14.6 Å². The SMILES string of the molecule is Cc1ccccc1OCCCn1nc2ccc(NC(=O)CO)cn2c1=O. The molecule has 2 aromatic heterocycles. The Bertz CT molecular complexity index is 977. The summed E-state index contributed by atoms with van der Waals surface area (Å²) in [6, 6.07) is 11.0. The van der Waals surface area contributed by atoms with Crippen LogP contribution in [0.5, 0.6) is 5.75 Å². The molecule has 0 spiro atoms. The molecule has 2 heterocycles. The van der Waals surface area contributed by atoms with E-state index in [4.69, 9.17) is 9.84 Å². The van der Waals surface area contributed by atoms with Crippen LogP contribution in [0.25, 0.3) is 5.65 Å². The third kappa shape index (κ3) is 3.92. The normalized spacial score (nSPS) is 10.8. The van der Waals surface area contributed by atoms with Gasteiger partial charge in [-0.05, 0) is 30.7 Å². The molecular weight excluding hydrogens is 336 g/mol. The van der Waals surface area contributed by atoms with E-state index in [-0.39, 0.29) is 5.69 Å². The number of carbonyl (C=O) groups is 1. The van der Waals surface area contributed by atoms with Crippen molar-refractivity contribution in [2.75, 3.05) is 18.5 Å². The lowest BCUT2D eigenvalue weighted by Crippen LogP contribution is -2.22. The second kappa shape index (κ2) is 7.83. The Labute approximate surface area is 149 Å². The molecule has 8 heteroatoms. The summed E-state index contributed by atoms with van der Waals surface area (Å²) in [6.07, 6.45) is 2.12. The summed E-state index contributed by atoms with van der Waals surface area (Å²) in [6.45, 7) is 2.26. The highest BCUT2D eigenvalue weighted by atomic mass is 16.5. The standard InChI is InChI=1S/C18H20N4O4/c1-13-5-2-3-6-15(13)26-10-4-9-22-18(25)21-11-14(19-17(24)12-23)7-8-16(21)20-22/h2-3,5-8,11,23H,4,9-10,12H2,1H3,(H,19,24). The van der Waals surface area contributed by atoms with Crippen molar-refractivity contribution in [3.63, 3.8) is 0 Å². The number of hydrogen-bond donors (Lipinski definition) is 2. The van der Waals surface area contributed by atoms with Gasteiger partial charge in [0.05, 0.1) is 12.3 Å². The van der Waals surface area contributed by atoms with Gasteiger partial charge in [0.2, 0.25) is 5.91 Å². The molecule has 0 radical (unpaired) electrons. The molecule has 1 aromatic carbocycles. The maximum Gasteiger partial charge on any atom is 0.350 e. The van der Waals surface area contributed by atoms with Gasteiger partial charge in [-0.2, -0.15) is 0 Å². The number of nitrogens with zero attached hydrogens (tertiary/aromatic N) is 3. The van der Waals surface area contributed by atoms with Crippen molar-refractivity contribution in [1.82, 2.24) is 14.2 Å². The number of carbonyl (C=O) groups excluding carboxylic acids is 1. The van der Waals surface area contributed by atoms with Crippen molar-refractivity contribution in [1.29, 1.82) is 0 Å². The first-order valence-electron chi connectivity index (χ1n) is 8.27. The lowest BCUT2D eigenvalue weighted by atomic mass is 10.2. The molecule has 3 aromatic rings. The predicted octanol–water partition coefficient (Wildman–Crippen LogP) is 1.20. The zero-order valence-corrected chi connectivity index (χ0v) is 14.4. The van der Waals surface area contributed by atoms with E-state index in [0.29, 0.717) is 30.9 Å². The van der Waals surface area contributed by atoms with Gasteiger partial charge < -0.3 is 15.2 Å². The van der Waals surface area contributed by atoms with Crippen LogP contribution in [0.15, 0.2) is 47.4 Å². The number of nitrogens with one attached hydrogen (secondary N) is 1. The van der Waals surface area contributed by atoms with Crippen molar-refractivity contribution >= 4 is 17.2 Å². The number of amides is 1. The first kappa shape index (κ1) is 17.7. The molecule has 0 saturated heterocycles. The molecule has 0 saturated carbocycles. The highest BCUT2D eigenvalue weighted by Gasteiger charge is 2.09. The van der Waals surface area contributed by atoms with Gasteiger partial charge in [0.25, 0.3) is 0 Å². The Morgan fingerprint density at radius 2 is 2.08 bits per heavy atom. The fraction of sp³-hybridized carbons (Fsp3) is 0.278. The van der Waals surface area contributed by atoms with Gasteiger partial charge in [0, 0.05) is 19.2 Å². The van der Waals surface area contributed by atoms with Gasteiger partial charge in [-0.3, -0.25) is 4.79 Å². The van der Waals surface area contributed by atoms with Gasteiger partial charge in [0.1, 0.15) is 12.4 Å². The molecule has 8 nitrogen and oxygen atoms in total. The molecule has 136 valence electrons. The minimum absolute atomic E-state index is 0.295. The van der Waals surface area contributed by atoms with Gasteiger partial charge in [-0.25, -0.2) is 13.9 Å². The predicted molar refractivity (Wildman–Crippen MR) is 96.5 cm³/mol. The zero-order chi connectivity index (χ0) is 18.5. The summed E-state index contributed by atoms with van der Waals surface area (Å²) in [4.78, 5) is 23.7. The van der Waals surface area contributed by atoms with Crippen molar-refractivity contribution in [3.8, 4) is 5.75 Å². The number of aromatic nitrogens is 3. The summed E-state index contributed by atoms with van der Waals surface area (Å²) in [5.74, 6) is 0.289. The quantitative estimate of drug-likeness (QED) is 0.620. The highest BCUT2D eigenvalue weighted by molar-refractivity contribution is 5.91. The van der Waals surface area contributed by atoms with Crippen LogP contribution in [0.3, 0.4) is 0 Å². The maximum atomic E-state index is 12.4. The molecule has 0 atom stereocenters. The number of para-hydroxylation sites is 1. The molecule has 0 fully saturated rings. The Kier molecular flexibility index (Phi) is 5.33. The van der Waals surface area contributed by atoms with Gasteiger partial charge >= 0.3 is 5.69 Å². The van der Waals surface area contributed by atoms with Gasteiger partial charge in [-0.1, -0.05) is 18.2 Å². The van der Waals surface area contributed by atoms with Crippen LogP contribution in [0.2, 0.25) is 0 Å². The summed E-state index contributed by atoms with van der Waals surface area (Å²) in [5, 5.41) is 15.5. The summed E-state index contributed by atoms with van der Waals surface area (Å²) < 4.78 is 8.45. The molecule has 0 aliphatic carbocycles. The van der Waals surface area contributed by atoms with Gasteiger partial charge in [0.15, 0.2) is 5.65 Å². The van der Waals surface area contributed by atoms with E-state index in [1.165, 1.54) is 15.3 Å². The van der Waals surface area contributed by atoms with E-state index < -0.39 is 12.5 Å². The average molecular weight is 356 g/mol. The lowest BCUT2D eigenvalue weighted by Gasteiger charge is -2.08. The molecule has 0 aliphatic heterocycles. The largest absolute Gasteiger partial charge is 0.493 e. The summed E-state index contributed by atoms with van der Waals surface area (Å²) in [7, 11) is 0. The first-order valence-corrected chi connectivity index (χ1v) is 8.27. The summed E-state index contributed by atoms with van der Waals surface area (Å²) in [5.41, 5.74) is 1.67. The van der Waals surface area contributed by atoms with E-state index in [1.54, 1.807) is 12.1 Å². The number of anilines is 1. The smallest absolute Gasteiger partial charge is 0.350 e. The topological polar surface area (TPSA) is 97.9 Å². The second-order valence-electron chi connectivity index (χ2n) is 5.83. The average Bonchev–Trinajstić information content (AvgIpc) is 2.96. The number of aryl methyl sites for hydroxylation is 2. The maximum absolute atomic E-state index is 12.4. The number of rotatable bonds is 7. The number of fused-ring (bicyclic) bond motifs is 1. The molecule has 3 rings (SSSR count). The van der Waals surface area contributed by atoms with Crippen LogP contribution in [0, 0.1) is 6.92 Å². The van der Waals surface area contributed by atoms with Crippen LogP contribution in [-0.2, 0) is 11.3 Å². The molecular formula is C18H20N4O4. The lowest BCUT2D eigenvalue weighted by molar-refractivity contribution is -0.118. The van der Waals surface area contributed by atoms with Crippen LogP contribution >= 0.6 is 0 Å². The Hall–Kier alpha value is -3.13. The molecule has 0 aliphatic rings. The van der Waals surface area contributed by atoms with Crippen LogP contribution in [0.4, 0.5) is 5.69 Å². The van der Waals surface area contributed by atoms with Crippen LogP contribution < -0.4 is 15.7 Å². The zero-order valence-electron chi connectivity index (χ0n) is 14.4. The van der Waals surface area contributed by atoms with Crippen molar-refractivity contribution in [3.05, 3.63) is 58.6 Å². The second-order valence-corrected chi connectivity index (χ2v) is 5.83. The Morgan fingerprint density at radius 1 is 1.27 bits per heavy atom. The summed E-state index contributed by atoms with van der Waals surface area (Å²) >= 11 is 0. The van der Waals surface area contributed by atoms with Gasteiger partial charge in [-0.15, -0.1) is 5.10 Å². The Morgan fingerprint density at radius 3 is 2.85 bits per heavy atom. The van der Waals surface area contributed by atoms with Crippen molar-refractivity contribution in [2.45, 2.75) is 19.9 Å². The molecule has 2 N–H and O–H groups in total. The fourth-order valence-corrected chi connectivity index (χ4v) is 2.55. The number of hydrogen-bond acceptors (Lipinski definition) is 5. The molecule has 26 heavy (non-hydrogen) atoms. The first-order chi connectivity index (χ1) is 12.6. The molecule has 0 bridgehead atoms. The van der Waals surface area contributed by atoms with Crippen molar-refractivity contribution in [2.24, 2.45) is 0 Å². The number of aliphatic hydroxyl groups excluding tert-OH is 1. The fourth-order valence-electron chi connectivity index (χ4n) is 2.55. The number of ether oxygens (including phenoxy) is 1. The van der Waals surface area contributed by atoms with E-state index in [1.807, 2.05) is 31.2 Å². The minimum atomic E-state index is -0.618. The van der Waals surface area contributed by atoms with Crippen LogP contribution in [-0.4, -0.2) is 38.4 Å². The Balaban J connectivity index is 1.65.